The highest BCUT2D eigenvalue weighted by Crippen LogP contribution is 2.18. The zero-order valence-corrected chi connectivity index (χ0v) is 18.6. The summed E-state index contributed by atoms with van der Waals surface area (Å²) < 4.78 is 32.3. The maximum absolute atomic E-state index is 12.6. The Bertz CT molecular complexity index is 1190. The number of rotatable bonds is 7. The number of aryl methyl sites for hydroxylation is 2. The first kappa shape index (κ1) is 22.3. The van der Waals surface area contributed by atoms with Crippen LogP contribution in [0.5, 0.6) is 0 Å². The number of hydrogen-bond acceptors (Lipinski definition) is 5. The van der Waals surface area contributed by atoms with Gasteiger partial charge in [0.25, 0.3) is 0 Å². The van der Waals surface area contributed by atoms with Crippen molar-refractivity contribution in [1.29, 1.82) is 0 Å². The molecule has 31 heavy (non-hydrogen) atoms. The molecule has 0 saturated carbocycles. The number of carbonyl (C=O) groups is 2. The second-order valence-corrected chi connectivity index (χ2v) is 9.11. The van der Waals surface area contributed by atoms with Crippen LogP contribution in [0.25, 0.3) is 5.69 Å². The van der Waals surface area contributed by atoms with E-state index in [0.717, 1.165) is 23.3 Å². The number of Topliss-reactive ketones (excluding diaryl/α,β-unsaturated/α-hetero) is 1. The third-order valence-corrected chi connectivity index (χ3v) is 5.36. The Balaban J connectivity index is 1.66. The Labute approximate surface area is 181 Å². The molecule has 1 N–H and O–H groups in total. The normalized spacial score (nSPS) is 12.3. The van der Waals surface area contributed by atoms with Crippen molar-refractivity contribution in [3.63, 3.8) is 0 Å². The standard InChI is InChI=1S/C23H24N2O5S/c1-15-5-6-16(2)25(15)21-13-9-19(10-14-21)23(27)30-17(3)22(26)18-7-11-20(12-8-18)24-31(4,28)29/h5-14,17,24H,1-4H3. The predicted molar refractivity (Wildman–Crippen MR) is 119 cm³/mol. The maximum Gasteiger partial charge on any atom is 0.338 e. The minimum atomic E-state index is -3.40. The van der Waals surface area contributed by atoms with Gasteiger partial charge in [-0.05, 0) is 81.4 Å². The van der Waals surface area contributed by atoms with E-state index in [4.69, 9.17) is 4.74 Å². The fourth-order valence-corrected chi connectivity index (χ4v) is 3.82. The van der Waals surface area contributed by atoms with Crippen LogP contribution < -0.4 is 4.72 Å². The number of aromatic nitrogens is 1. The van der Waals surface area contributed by atoms with Crippen LogP contribution in [0.4, 0.5) is 5.69 Å². The number of ketones is 1. The van der Waals surface area contributed by atoms with Gasteiger partial charge in [0.2, 0.25) is 15.8 Å². The van der Waals surface area contributed by atoms with Crippen molar-refractivity contribution in [2.24, 2.45) is 0 Å². The van der Waals surface area contributed by atoms with E-state index >= 15 is 0 Å². The van der Waals surface area contributed by atoms with E-state index < -0.39 is 22.1 Å². The molecule has 0 aliphatic rings. The number of carbonyl (C=O) groups excluding carboxylic acids is 2. The van der Waals surface area contributed by atoms with Crippen molar-refractivity contribution in [3.05, 3.63) is 83.2 Å². The van der Waals surface area contributed by atoms with Crippen LogP contribution in [-0.4, -0.2) is 37.1 Å². The predicted octanol–water partition coefficient (Wildman–Crippen LogP) is 3.89. The number of benzene rings is 2. The van der Waals surface area contributed by atoms with Crippen LogP contribution in [-0.2, 0) is 14.8 Å². The molecule has 3 rings (SSSR count). The molecular weight excluding hydrogens is 416 g/mol. The zero-order valence-electron chi connectivity index (χ0n) is 17.7. The quantitative estimate of drug-likeness (QED) is 0.444. The summed E-state index contributed by atoms with van der Waals surface area (Å²) in [6.07, 6.45) is 0.0518. The number of anilines is 1. The van der Waals surface area contributed by atoms with Crippen LogP contribution in [0, 0.1) is 13.8 Å². The molecule has 0 spiro atoms. The Kier molecular flexibility index (Phi) is 6.31. The van der Waals surface area contributed by atoms with Gasteiger partial charge in [0.15, 0.2) is 6.10 Å². The molecule has 1 aromatic heterocycles. The van der Waals surface area contributed by atoms with Crippen LogP contribution in [0.2, 0.25) is 0 Å². The molecule has 1 heterocycles. The molecular formula is C23H24N2O5S. The van der Waals surface area contributed by atoms with E-state index in [2.05, 4.69) is 9.29 Å². The largest absolute Gasteiger partial charge is 0.451 e. The highest BCUT2D eigenvalue weighted by atomic mass is 32.2. The number of hydrogen-bond donors (Lipinski definition) is 1. The molecule has 8 heteroatoms. The number of ether oxygens (including phenoxy) is 1. The average Bonchev–Trinajstić information content (AvgIpc) is 3.05. The van der Waals surface area contributed by atoms with Crippen molar-refractivity contribution < 1.29 is 22.7 Å². The van der Waals surface area contributed by atoms with Crippen LogP contribution >= 0.6 is 0 Å². The minimum absolute atomic E-state index is 0.313. The van der Waals surface area contributed by atoms with Gasteiger partial charge in [-0.3, -0.25) is 9.52 Å². The third-order valence-electron chi connectivity index (χ3n) is 4.76. The summed E-state index contributed by atoms with van der Waals surface area (Å²) >= 11 is 0. The monoisotopic (exact) mass is 440 g/mol. The minimum Gasteiger partial charge on any atom is -0.451 e. The Morgan fingerprint density at radius 1 is 0.871 bits per heavy atom. The molecule has 1 unspecified atom stereocenters. The van der Waals surface area contributed by atoms with E-state index in [0.29, 0.717) is 16.8 Å². The molecule has 0 fully saturated rings. The molecule has 0 aliphatic carbocycles. The number of esters is 1. The SMILES string of the molecule is Cc1ccc(C)n1-c1ccc(C(=O)OC(C)C(=O)c2ccc(NS(C)(=O)=O)cc2)cc1. The van der Waals surface area contributed by atoms with Crippen molar-refractivity contribution >= 4 is 27.5 Å². The van der Waals surface area contributed by atoms with Crippen molar-refractivity contribution in [2.75, 3.05) is 11.0 Å². The van der Waals surface area contributed by atoms with Crippen molar-refractivity contribution in [2.45, 2.75) is 26.9 Å². The molecule has 1 atom stereocenters. The van der Waals surface area contributed by atoms with Crippen molar-refractivity contribution in [1.82, 2.24) is 4.57 Å². The summed E-state index contributed by atoms with van der Waals surface area (Å²) in [5.74, 6) is -0.974. The first-order chi connectivity index (χ1) is 14.5. The second-order valence-electron chi connectivity index (χ2n) is 7.36. The van der Waals surface area contributed by atoms with Gasteiger partial charge in [-0.15, -0.1) is 0 Å². The molecule has 162 valence electrons. The Morgan fingerprint density at radius 3 is 1.90 bits per heavy atom. The van der Waals surface area contributed by atoms with Gasteiger partial charge >= 0.3 is 5.97 Å². The van der Waals surface area contributed by atoms with E-state index in [1.54, 1.807) is 12.1 Å². The topological polar surface area (TPSA) is 94.5 Å². The van der Waals surface area contributed by atoms with E-state index in [-0.39, 0.29) is 5.78 Å². The van der Waals surface area contributed by atoms with Gasteiger partial charge in [-0.25, -0.2) is 13.2 Å². The number of nitrogens with zero attached hydrogens (tertiary/aromatic N) is 1. The fourth-order valence-electron chi connectivity index (χ4n) is 3.26. The summed E-state index contributed by atoms with van der Waals surface area (Å²) in [4.78, 5) is 25.0. The van der Waals surface area contributed by atoms with Gasteiger partial charge in [0, 0.05) is 28.3 Å². The number of sulfonamides is 1. The average molecular weight is 441 g/mol. The van der Waals surface area contributed by atoms with Gasteiger partial charge < -0.3 is 9.30 Å². The van der Waals surface area contributed by atoms with Crippen molar-refractivity contribution in [3.8, 4) is 5.69 Å². The summed E-state index contributed by atoms with van der Waals surface area (Å²) in [6.45, 7) is 5.52. The van der Waals surface area contributed by atoms with E-state index in [9.17, 15) is 18.0 Å². The summed E-state index contributed by atoms with van der Waals surface area (Å²) in [6, 6.07) is 17.0. The van der Waals surface area contributed by atoms with Gasteiger partial charge in [0.05, 0.1) is 11.8 Å². The Morgan fingerprint density at radius 2 is 1.39 bits per heavy atom. The molecule has 0 radical (unpaired) electrons. The lowest BCUT2D eigenvalue weighted by Gasteiger charge is -2.14. The first-order valence-electron chi connectivity index (χ1n) is 9.63. The lowest BCUT2D eigenvalue weighted by molar-refractivity contribution is 0.0319. The number of nitrogens with one attached hydrogen (secondary N) is 1. The highest BCUT2D eigenvalue weighted by molar-refractivity contribution is 7.92. The Hall–Kier alpha value is -3.39. The van der Waals surface area contributed by atoms with Gasteiger partial charge in [-0.1, -0.05) is 0 Å². The molecule has 7 nitrogen and oxygen atoms in total. The first-order valence-corrected chi connectivity index (χ1v) is 11.5. The summed E-state index contributed by atoms with van der Waals surface area (Å²) in [5, 5.41) is 0. The summed E-state index contributed by atoms with van der Waals surface area (Å²) in [5.41, 5.74) is 4.11. The lowest BCUT2D eigenvalue weighted by atomic mass is 10.1. The van der Waals surface area contributed by atoms with Crippen LogP contribution in [0.1, 0.15) is 39.0 Å². The maximum atomic E-state index is 12.6. The van der Waals surface area contributed by atoms with E-state index in [1.165, 1.54) is 31.2 Å². The van der Waals surface area contributed by atoms with Gasteiger partial charge in [-0.2, -0.15) is 0 Å². The molecule has 2 aromatic carbocycles. The fraction of sp³-hybridized carbons (Fsp3) is 0.217. The van der Waals surface area contributed by atoms with Crippen LogP contribution in [0.15, 0.2) is 60.7 Å². The smallest absolute Gasteiger partial charge is 0.338 e. The van der Waals surface area contributed by atoms with Crippen LogP contribution in [0.3, 0.4) is 0 Å². The second kappa shape index (κ2) is 8.77. The summed E-state index contributed by atoms with van der Waals surface area (Å²) in [7, 11) is -3.40. The molecule has 0 amide bonds. The zero-order chi connectivity index (χ0) is 22.8. The molecule has 0 bridgehead atoms. The molecule has 3 aromatic rings. The third kappa shape index (κ3) is 5.40. The molecule has 0 aliphatic heterocycles. The molecule has 0 saturated heterocycles. The lowest BCUT2D eigenvalue weighted by Crippen LogP contribution is -2.24. The highest BCUT2D eigenvalue weighted by Gasteiger charge is 2.20. The van der Waals surface area contributed by atoms with Gasteiger partial charge in [0.1, 0.15) is 0 Å². The van der Waals surface area contributed by atoms with E-state index in [1.807, 2.05) is 38.1 Å².